The van der Waals surface area contributed by atoms with Crippen LogP contribution in [0, 0.1) is 6.92 Å². The second-order valence-corrected chi connectivity index (χ2v) is 3.83. The van der Waals surface area contributed by atoms with Gasteiger partial charge in [0.15, 0.2) is 0 Å². The largest absolute Gasteiger partial charge is 0.469 e. The monoisotopic (exact) mass is 215 g/mol. The molecule has 0 aliphatic rings. The Bertz CT molecular complexity index is 298. The summed E-state index contributed by atoms with van der Waals surface area (Å²) >= 11 is 1.51. The van der Waals surface area contributed by atoms with E-state index in [4.69, 9.17) is 4.42 Å². The van der Waals surface area contributed by atoms with Gasteiger partial charge >= 0.3 is 5.97 Å². The average molecular weight is 215 g/mol. The maximum Gasteiger partial charge on any atom is 0.305 e. The summed E-state index contributed by atoms with van der Waals surface area (Å²) in [6, 6.07) is 0. The van der Waals surface area contributed by atoms with Crippen molar-refractivity contribution in [2.45, 2.75) is 25.0 Å². The van der Waals surface area contributed by atoms with Crippen LogP contribution >= 0.6 is 11.8 Å². The van der Waals surface area contributed by atoms with Gasteiger partial charge in [-0.15, -0.1) is 0 Å². The van der Waals surface area contributed by atoms with Crippen molar-refractivity contribution in [3.63, 3.8) is 0 Å². The molecule has 0 aliphatic carbocycles. The first kappa shape index (κ1) is 11.1. The third kappa shape index (κ3) is 3.83. The Morgan fingerprint density at radius 1 is 1.71 bits per heavy atom. The van der Waals surface area contributed by atoms with E-state index in [-0.39, 0.29) is 5.97 Å². The molecular formula is C9H13NO3S. The molecule has 0 aliphatic heterocycles. The molecule has 0 N–H and O–H groups in total. The first-order valence-corrected chi connectivity index (χ1v) is 5.32. The highest BCUT2D eigenvalue weighted by molar-refractivity contribution is 7.99. The Morgan fingerprint density at radius 2 is 2.50 bits per heavy atom. The second kappa shape index (κ2) is 5.70. The molecule has 0 amide bonds. The molecular weight excluding hydrogens is 202 g/mol. The lowest BCUT2D eigenvalue weighted by Crippen LogP contribution is -1.99. The molecule has 78 valence electrons. The van der Waals surface area contributed by atoms with E-state index in [1.54, 1.807) is 6.26 Å². The molecule has 1 aromatic heterocycles. The van der Waals surface area contributed by atoms with Gasteiger partial charge < -0.3 is 9.15 Å². The number of carbonyl (C=O) groups excluding carboxylic acids is 1. The van der Waals surface area contributed by atoms with Crippen molar-refractivity contribution < 1.29 is 13.9 Å². The highest BCUT2D eigenvalue weighted by Gasteiger charge is 2.03. The molecule has 1 rings (SSSR count). The standard InChI is InChI=1S/C9H13NO3S/c1-7-6-13-9(10-7)14-5-3-4-8(11)12-2/h6H,3-5H2,1-2H3. The molecule has 0 aromatic carbocycles. The zero-order valence-corrected chi connectivity index (χ0v) is 9.10. The van der Waals surface area contributed by atoms with Crippen molar-refractivity contribution in [1.82, 2.24) is 4.98 Å². The number of oxazole rings is 1. The Balaban J connectivity index is 2.13. The number of nitrogens with zero attached hydrogens (tertiary/aromatic N) is 1. The lowest BCUT2D eigenvalue weighted by atomic mass is 10.3. The van der Waals surface area contributed by atoms with Crippen LogP contribution < -0.4 is 0 Å². The number of methoxy groups -OCH3 is 1. The summed E-state index contributed by atoms with van der Waals surface area (Å²) in [7, 11) is 1.40. The molecule has 4 nitrogen and oxygen atoms in total. The summed E-state index contributed by atoms with van der Waals surface area (Å²) in [6.45, 7) is 1.88. The van der Waals surface area contributed by atoms with Gasteiger partial charge in [-0.3, -0.25) is 4.79 Å². The Labute approximate surface area is 87.0 Å². The zero-order valence-electron chi connectivity index (χ0n) is 8.28. The fraction of sp³-hybridized carbons (Fsp3) is 0.556. The first-order valence-electron chi connectivity index (χ1n) is 4.34. The SMILES string of the molecule is COC(=O)CCCSc1nc(C)co1. The van der Waals surface area contributed by atoms with E-state index < -0.39 is 0 Å². The van der Waals surface area contributed by atoms with Crippen LogP contribution in [0.1, 0.15) is 18.5 Å². The minimum atomic E-state index is -0.172. The molecule has 5 heteroatoms. The molecule has 0 fully saturated rings. The van der Waals surface area contributed by atoms with Crippen molar-refractivity contribution >= 4 is 17.7 Å². The van der Waals surface area contributed by atoms with E-state index in [2.05, 4.69) is 9.72 Å². The predicted molar refractivity (Wildman–Crippen MR) is 53.2 cm³/mol. The average Bonchev–Trinajstić information content (AvgIpc) is 2.58. The quantitative estimate of drug-likeness (QED) is 0.427. The number of esters is 1. The maximum absolute atomic E-state index is 10.8. The number of rotatable bonds is 5. The van der Waals surface area contributed by atoms with Crippen molar-refractivity contribution in [3.8, 4) is 0 Å². The van der Waals surface area contributed by atoms with E-state index in [1.807, 2.05) is 6.92 Å². The van der Waals surface area contributed by atoms with Gasteiger partial charge in [-0.1, -0.05) is 11.8 Å². The van der Waals surface area contributed by atoms with Crippen LogP contribution in [0.3, 0.4) is 0 Å². The number of aromatic nitrogens is 1. The molecule has 0 spiro atoms. The number of aryl methyl sites for hydroxylation is 1. The second-order valence-electron chi connectivity index (χ2n) is 2.78. The topological polar surface area (TPSA) is 52.3 Å². The van der Waals surface area contributed by atoms with Crippen LogP contribution in [-0.2, 0) is 9.53 Å². The van der Waals surface area contributed by atoms with E-state index in [0.717, 1.165) is 17.9 Å². The van der Waals surface area contributed by atoms with Crippen LogP contribution in [-0.4, -0.2) is 23.8 Å². The fourth-order valence-electron chi connectivity index (χ4n) is 0.877. The number of carbonyl (C=O) groups is 1. The van der Waals surface area contributed by atoms with Gasteiger partial charge in [0.05, 0.1) is 12.8 Å². The summed E-state index contributed by atoms with van der Waals surface area (Å²) in [4.78, 5) is 14.9. The summed E-state index contributed by atoms with van der Waals surface area (Å²) in [5.41, 5.74) is 0.875. The van der Waals surface area contributed by atoms with Crippen molar-refractivity contribution in [3.05, 3.63) is 12.0 Å². The van der Waals surface area contributed by atoms with Crippen LogP contribution in [0.2, 0.25) is 0 Å². The van der Waals surface area contributed by atoms with Gasteiger partial charge in [0.1, 0.15) is 6.26 Å². The van der Waals surface area contributed by atoms with Crippen LogP contribution in [0.15, 0.2) is 15.9 Å². The normalized spacial score (nSPS) is 10.1. The Hall–Kier alpha value is -0.970. The summed E-state index contributed by atoms with van der Waals surface area (Å²) in [5, 5.41) is 0.660. The predicted octanol–water partition coefficient (Wildman–Crippen LogP) is 2.03. The number of hydrogen-bond acceptors (Lipinski definition) is 5. The van der Waals surface area contributed by atoms with Crippen LogP contribution in [0.5, 0.6) is 0 Å². The third-order valence-corrected chi connectivity index (χ3v) is 2.50. The van der Waals surface area contributed by atoms with Crippen molar-refractivity contribution in [2.75, 3.05) is 12.9 Å². The van der Waals surface area contributed by atoms with E-state index in [9.17, 15) is 4.79 Å². The van der Waals surface area contributed by atoms with Gasteiger partial charge in [0.2, 0.25) is 0 Å². The van der Waals surface area contributed by atoms with Gasteiger partial charge in [0.25, 0.3) is 5.22 Å². The lowest BCUT2D eigenvalue weighted by molar-refractivity contribution is -0.140. The molecule has 0 bridgehead atoms. The fourth-order valence-corrected chi connectivity index (χ4v) is 1.66. The smallest absolute Gasteiger partial charge is 0.305 e. The van der Waals surface area contributed by atoms with Gasteiger partial charge in [-0.05, 0) is 13.3 Å². The molecule has 0 unspecified atom stereocenters. The van der Waals surface area contributed by atoms with E-state index in [1.165, 1.54) is 18.9 Å². The first-order chi connectivity index (χ1) is 6.72. The molecule has 1 heterocycles. The summed E-state index contributed by atoms with van der Waals surface area (Å²) in [6.07, 6.45) is 2.84. The van der Waals surface area contributed by atoms with Gasteiger partial charge in [-0.2, -0.15) is 0 Å². The molecule has 0 saturated carbocycles. The maximum atomic E-state index is 10.8. The number of hydrogen-bond donors (Lipinski definition) is 0. The van der Waals surface area contributed by atoms with E-state index >= 15 is 0 Å². The van der Waals surface area contributed by atoms with Gasteiger partial charge in [0, 0.05) is 12.2 Å². The molecule has 1 aromatic rings. The molecule has 14 heavy (non-hydrogen) atoms. The molecule has 0 saturated heterocycles. The van der Waals surface area contributed by atoms with Gasteiger partial charge in [-0.25, -0.2) is 4.98 Å². The number of thioether (sulfide) groups is 1. The summed E-state index contributed by atoms with van der Waals surface area (Å²) in [5.74, 6) is 0.642. The Kier molecular flexibility index (Phi) is 4.52. The highest BCUT2D eigenvalue weighted by Crippen LogP contribution is 2.18. The minimum absolute atomic E-state index is 0.172. The van der Waals surface area contributed by atoms with E-state index in [0.29, 0.717) is 11.6 Å². The van der Waals surface area contributed by atoms with Crippen molar-refractivity contribution in [2.24, 2.45) is 0 Å². The van der Waals surface area contributed by atoms with Crippen molar-refractivity contribution in [1.29, 1.82) is 0 Å². The zero-order chi connectivity index (χ0) is 10.4. The minimum Gasteiger partial charge on any atom is -0.469 e. The highest BCUT2D eigenvalue weighted by atomic mass is 32.2. The molecule has 0 radical (unpaired) electrons. The molecule has 0 atom stereocenters. The summed E-state index contributed by atoms with van der Waals surface area (Å²) < 4.78 is 9.65. The third-order valence-electron chi connectivity index (χ3n) is 1.58. The van der Waals surface area contributed by atoms with Crippen LogP contribution in [0.4, 0.5) is 0 Å². The number of ether oxygens (including phenoxy) is 1. The van der Waals surface area contributed by atoms with Crippen LogP contribution in [0.25, 0.3) is 0 Å². The Morgan fingerprint density at radius 3 is 3.07 bits per heavy atom. The lowest BCUT2D eigenvalue weighted by Gasteiger charge is -1.97.